The van der Waals surface area contributed by atoms with Gasteiger partial charge in [-0.3, -0.25) is 4.90 Å². The fourth-order valence-corrected chi connectivity index (χ4v) is 2.33. The van der Waals surface area contributed by atoms with E-state index >= 15 is 0 Å². The van der Waals surface area contributed by atoms with Gasteiger partial charge in [0.2, 0.25) is 0 Å². The summed E-state index contributed by atoms with van der Waals surface area (Å²) < 4.78 is 5.35. The lowest BCUT2D eigenvalue weighted by molar-refractivity contribution is 0.0344. The van der Waals surface area contributed by atoms with Crippen LogP contribution in [0, 0.1) is 16.7 Å². The highest BCUT2D eigenvalue weighted by Crippen LogP contribution is 2.21. The molecule has 1 heterocycles. The predicted octanol–water partition coefficient (Wildman–Crippen LogP) is 2.02. The number of hydrogen-bond acceptors (Lipinski definition) is 4. The van der Waals surface area contributed by atoms with Crippen LogP contribution in [0.4, 0.5) is 0 Å². The molecule has 1 unspecified atom stereocenters. The largest absolute Gasteiger partial charge is 0.379 e. The van der Waals surface area contributed by atoms with E-state index in [4.69, 9.17) is 10.00 Å². The topological polar surface area (TPSA) is 48.3 Å². The first kappa shape index (κ1) is 16.4. The van der Waals surface area contributed by atoms with E-state index in [2.05, 4.69) is 23.2 Å². The Morgan fingerprint density at radius 1 is 1.32 bits per heavy atom. The number of nitrogens with zero attached hydrogens (tertiary/aromatic N) is 2. The fourth-order valence-electron chi connectivity index (χ4n) is 2.33. The summed E-state index contributed by atoms with van der Waals surface area (Å²) >= 11 is 0. The van der Waals surface area contributed by atoms with Crippen molar-refractivity contribution in [2.45, 2.75) is 46.1 Å². The fraction of sp³-hybridized carbons (Fsp3) is 0.933. The molecule has 0 aromatic carbocycles. The van der Waals surface area contributed by atoms with E-state index in [1.54, 1.807) is 0 Å². The molecular weight excluding hydrogens is 238 g/mol. The first-order chi connectivity index (χ1) is 9.03. The van der Waals surface area contributed by atoms with Crippen LogP contribution in [0.1, 0.15) is 40.0 Å². The lowest BCUT2D eigenvalue weighted by Gasteiger charge is -2.29. The molecule has 0 aromatic heterocycles. The Morgan fingerprint density at radius 3 is 2.63 bits per heavy atom. The van der Waals surface area contributed by atoms with Gasteiger partial charge in [-0.15, -0.1) is 0 Å². The second-order valence-electron chi connectivity index (χ2n) is 6.22. The third-order valence-electron chi connectivity index (χ3n) is 3.66. The Kier molecular flexibility index (Phi) is 7.37. The van der Waals surface area contributed by atoms with Gasteiger partial charge in [-0.1, -0.05) is 6.42 Å². The quantitative estimate of drug-likeness (QED) is 0.684. The van der Waals surface area contributed by atoms with E-state index in [0.717, 1.165) is 58.7 Å². The third-order valence-corrected chi connectivity index (χ3v) is 3.66. The number of hydrogen-bond donors (Lipinski definition) is 1. The molecule has 1 aliphatic heterocycles. The Morgan fingerprint density at radius 2 is 2.00 bits per heavy atom. The van der Waals surface area contributed by atoms with E-state index in [-0.39, 0.29) is 5.41 Å². The predicted molar refractivity (Wildman–Crippen MR) is 78.0 cm³/mol. The molecule has 1 rings (SSSR count). The smallest absolute Gasteiger partial charge is 0.0683 e. The van der Waals surface area contributed by atoms with Crippen molar-refractivity contribution in [3.05, 3.63) is 0 Å². The highest BCUT2D eigenvalue weighted by molar-refractivity contribution is 4.91. The molecule has 1 aliphatic rings. The summed E-state index contributed by atoms with van der Waals surface area (Å²) in [6.45, 7) is 12.3. The second-order valence-corrected chi connectivity index (χ2v) is 6.22. The van der Waals surface area contributed by atoms with Crippen molar-refractivity contribution in [3.8, 4) is 6.07 Å². The van der Waals surface area contributed by atoms with Crippen molar-refractivity contribution in [2.24, 2.45) is 5.41 Å². The van der Waals surface area contributed by atoms with Gasteiger partial charge in [0.05, 0.1) is 24.7 Å². The molecular formula is C15H29N3O. The highest BCUT2D eigenvalue weighted by atomic mass is 16.5. The first-order valence-electron chi connectivity index (χ1n) is 7.48. The van der Waals surface area contributed by atoms with Crippen LogP contribution >= 0.6 is 0 Å². The minimum atomic E-state index is -0.167. The summed E-state index contributed by atoms with van der Waals surface area (Å²) in [5.41, 5.74) is -0.167. The Balaban J connectivity index is 2.01. The molecule has 4 heteroatoms. The number of unbranched alkanes of at least 4 members (excludes halogenated alkanes) is 1. The maximum absolute atomic E-state index is 8.94. The van der Waals surface area contributed by atoms with E-state index in [1.807, 2.05) is 13.8 Å². The zero-order valence-electron chi connectivity index (χ0n) is 12.7. The number of nitriles is 1. The van der Waals surface area contributed by atoms with Crippen LogP contribution in [0.2, 0.25) is 0 Å². The molecule has 19 heavy (non-hydrogen) atoms. The van der Waals surface area contributed by atoms with Gasteiger partial charge in [0, 0.05) is 25.7 Å². The zero-order chi connectivity index (χ0) is 14.1. The molecule has 1 N–H and O–H groups in total. The lowest BCUT2D eigenvalue weighted by Crippen LogP contribution is -2.44. The maximum atomic E-state index is 8.94. The second kappa shape index (κ2) is 8.52. The van der Waals surface area contributed by atoms with Crippen molar-refractivity contribution >= 4 is 0 Å². The minimum Gasteiger partial charge on any atom is -0.379 e. The average Bonchev–Trinajstić information content (AvgIpc) is 2.39. The van der Waals surface area contributed by atoms with Crippen LogP contribution in [0.15, 0.2) is 0 Å². The molecule has 4 nitrogen and oxygen atoms in total. The van der Waals surface area contributed by atoms with Gasteiger partial charge in [-0.25, -0.2) is 0 Å². The Labute approximate surface area is 118 Å². The number of nitrogens with one attached hydrogen (secondary N) is 1. The normalized spacial score (nSPS) is 19.1. The molecule has 0 saturated carbocycles. The zero-order valence-corrected chi connectivity index (χ0v) is 12.7. The third kappa shape index (κ3) is 7.51. The molecule has 0 radical (unpaired) electrons. The van der Waals surface area contributed by atoms with Crippen LogP contribution < -0.4 is 5.32 Å². The lowest BCUT2D eigenvalue weighted by atomic mass is 9.89. The average molecular weight is 267 g/mol. The molecule has 1 saturated heterocycles. The summed E-state index contributed by atoms with van der Waals surface area (Å²) in [7, 11) is 0. The van der Waals surface area contributed by atoms with Gasteiger partial charge in [0.15, 0.2) is 0 Å². The van der Waals surface area contributed by atoms with Crippen molar-refractivity contribution in [3.63, 3.8) is 0 Å². The van der Waals surface area contributed by atoms with Crippen molar-refractivity contribution in [1.29, 1.82) is 5.26 Å². The van der Waals surface area contributed by atoms with E-state index < -0.39 is 0 Å². The van der Waals surface area contributed by atoms with Crippen LogP contribution in [-0.2, 0) is 4.74 Å². The number of rotatable bonds is 8. The van der Waals surface area contributed by atoms with Crippen LogP contribution in [0.5, 0.6) is 0 Å². The van der Waals surface area contributed by atoms with Gasteiger partial charge < -0.3 is 10.1 Å². The monoisotopic (exact) mass is 267 g/mol. The van der Waals surface area contributed by atoms with Gasteiger partial charge in [-0.05, 0) is 40.2 Å². The van der Waals surface area contributed by atoms with Crippen molar-refractivity contribution in [1.82, 2.24) is 10.2 Å². The molecule has 0 aliphatic carbocycles. The summed E-state index contributed by atoms with van der Waals surface area (Å²) in [5, 5.41) is 12.5. The van der Waals surface area contributed by atoms with Crippen LogP contribution in [0.3, 0.4) is 0 Å². The summed E-state index contributed by atoms with van der Waals surface area (Å²) in [6, 6.07) is 2.89. The number of ether oxygens (including phenoxy) is 1. The highest BCUT2D eigenvalue weighted by Gasteiger charge is 2.16. The Bertz CT molecular complexity index is 280. The molecule has 110 valence electrons. The van der Waals surface area contributed by atoms with E-state index in [0.29, 0.717) is 6.04 Å². The van der Waals surface area contributed by atoms with E-state index in [1.165, 1.54) is 0 Å². The first-order valence-corrected chi connectivity index (χ1v) is 7.48. The minimum absolute atomic E-state index is 0.167. The molecule has 0 bridgehead atoms. The molecule has 0 aromatic rings. The van der Waals surface area contributed by atoms with Gasteiger partial charge in [-0.2, -0.15) is 5.26 Å². The summed E-state index contributed by atoms with van der Waals surface area (Å²) in [5.74, 6) is 0. The summed E-state index contributed by atoms with van der Waals surface area (Å²) in [6.07, 6.45) is 3.26. The standard InChI is InChI=1S/C15H29N3O/c1-14(12-18-8-10-19-11-9-18)17-7-5-4-6-15(2,3)13-16/h14,17H,4-12H2,1-3H3. The van der Waals surface area contributed by atoms with Crippen LogP contribution in [-0.4, -0.2) is 50.3 Å². The van der Waals surface area contributed by atoms with Crippen LogP contribution in [0.25, 0.3) is 0 Å². The van der Waals surface area contributed by atoms with Gasteiger partial charge >= 0.3 is 0 Å². The molecule has 1 fully saturated rings. The van der Waals surface area contributed by atoms with E-state index in [9.17, 15) is 0 Å². The SMILES string of the molecule is CC(CN1CCOCC1)NCCCCC(C)(C)C#N. The Hall–Kier alpha value is -0.630. The molecule has 0 amide bonds. The molecule has 0 spiro atoms. The van der Waals surface area contributed by atoms with Crippen molar-refractivity contribution in [2.75, 3.05) is 39.4 Å². The van der Waals surface area contributed by atoms with Gasteiger partial charge in [0.25, 0.3) is 0 Å². The van der Waals surface area contributed by atoms with Crippen molar-refractivity contribution < 1.29 is 4.74 Å². The summed E-state index contributed by atoms with van der Waals surface area (Å²) in [4.78, 5) is 2.46. The number of morpholine rings is 1. The van der Waals surface area contributed by atoms with Gasteiger partial charge in [0.1, 0.15) is 0 Å². The molecule has 1 atom stereocenters. The maximum Gasteiger partial charge on any atom is 0.0683 e.